The Kier molecular flexibility index (Phi) is 3.77. The van der Waals surface area contributed by atoms with Crippen molar-refractivity contribution in [3.63, 3.8) is 0 Å². The summed E-state index contributed by atoms with van der Waals surface area (Å²) in [6.07, 6.45) is 1.15. The molecule has 0 unspecified atom stereocenters. The first-order chi connectivity index (χ1) is 11.2. The molecule has 0 aliphatic carbocycles. The van der Waals surface area contributed by atoms with Gasteiger partial charge >= 0.3 is 0 Å². The van der Waals surface area contributed by atoms with Crippen LogP contribution in [0.5, 0.6) is 0 Å². The summed E-state index contributed by atoms with van der Waals surface area (Å²) in [5, 5.41) is 0.616. The van der Waals surface area contributed by atoms with Crippen LogP contribution < -0.4 is 11.5 Å². The fourth-order valence-corrected chi connectivity index (χ4v) is 3.99. The molecule has 24 heavy (non-hydrogen) atoms. The average Bonchev–Trinajstić information content (AvgIpc) is 2.84. The fourth-order valence-electron chi connectivity index (χ4n) is 2.36. The van der Waals surface area contributed by atoms with Gasteiger partial charge in [0.1, 0.15) is 9.71 Å². The molecule has 1 amide bonds. The molecule has 2 aromatic heterocycles. The van der Waals surface area contributed by atoms with Gasteiger partial charge in [-0.25, -0.2) is 18.4 Å². The molecule has 0 aliphatic heterocycles. The van der Waals surface area contributed by atoms with E-state index in [4.69, 9.17) is 11.5 Å². The van der Waals surface area contributed by atoms with Crippen LogP contribution >= 0.6 is 11.3 Å². The van der Waals surface area contributed by atoms with Crippen LogP contribution in [0, 0.1) is 6.92 Å². The number of hydrogen-bond donors (Lipinski definition) is 2. The van der Waals surface area contributed by atoms with E-state index < -0.39 is 15.7 Å². The predicted molar refractivity (Wildman–Crippen MR) is 93.6 cm³/mol. The summed E-state index contributed by atoms with van der Waals surface area (Å²) in [7, 11) is -3.26. The largest absolute Gasteiger partial charge is 0.397 e. The number of nitrogens with zero attached hydrogens (tertiary/aromatic N) is 2. The Balaban J connectivity index is 2.16. The van der Waals surface area contributed by atoms with Crippen molar-refractivity contribution >= 4 is 43.0 Å². The molecule has 1 aromatic carbocycles. The molecule has 0 atom stereocenters. The Labute approximate surface area is 142 Å². The summed E-state index contributed by atoms with van der Waals surface area (Å²) in [5.74, 6) is -0.175. The van der Waals surface area contributed by atoms with E-state index in [1.807, 2.05) is 0 Å². The molecule has 0 bridgehead atoms. The number of anilines is 1. The van der Waals surface area contributed by atoms with Crippen molar-refractivity contribution in [1.29, 1.82) is 0 Å². The molecular formula is C15H14N4O3S2. The summed E-state index contributed by atoms with van der Waals surface area (Å²) in [6.45, 7) is 1.77. The minimum Gasteiger partial charge on any atom is -0.397 e. The molecule has 0 radical (unpaired) electrons. The quantitative estimate of drug-likeness (QED) is 0.730. The molecule has 3 rings (SSSR count). The van der Waals surface area contributed by atoms with Gasteiger partial charge in [0, 0.05) is 11.8 Å². The summed E-state index contributed by atoms with van der Waals surface area (Å²) in [6, 6.07) is 6.29. The smallest absolute Gasteiger partial charge is 0.260 e. The van der Waals surface area contributed by atoms with E-state index >= 15 is 0 Å². The van der Waals surface area contributed by atoms with Crippen LogP contribution in [0.1, 0.15) is 15.4 Å². The third-order valence-corrected chi connectivity index (χ3v) is 5.78. The van der Waals surface area contributed by atoms with Gasteiger partial charge in [-0.15, -0.1) is 11.3 Å². The number of carbonyl (C=O) groups is 1. The van der Waals surface area contributed by atoms with Crippen LogP contribution in [-0.4, -0.2) is 30.5 Å². The molecule has 9 heteroatoms. The van der Waals surface area contributed by atoms with Crippen molar-refractivity contribution in [3.05, 3.63) is 34.8 Å². The van der Waals surface area contributed by atoms with E-state index in [0.717, 1.165) is 17.6 Å². The zero-order chi connectivity index (χ0) is 17.6. The van der Waals surface area contributed by atoms with Crippen LogP contribution in [0.3, 0.4) is 0 Å². The maximum atomic E-state index is 11.5. The zero-order valence-corrected chi connectivity index (χ0v) is 14.5. The van der Waals surface area contributed by atoms with Crippen molar-refractivity contribution < 1.29 is 13.2 Å². The number of thiophene rings is 1. The maximum Gasteiger partial charge on any atom is 0.260 e. The molecule has 0 saturated carbocycles. The number of nitrogens with two attached hydrogens (primary N) is 2. The van der Waals surface area contributed by atoms with Crippen molar-refractivity contribution in [3.8, 4) is 11.4 Å². The van der Waals surface area contributed by atoms with Gasteiger partial charge in [0.2, 0.25) is 0 Å². The van der Waals surface area contributed by atoms with Crippen LogP contribution in [0.4, 0.5) is 5.69 Å². The summed E-state index contributed by atoms with van der Waals surface area (Å²) < 4.78 is 23.1. The number of sulfone groups is 1. The third kappa shape index (κ3) is 2.72. The standard InChI is InChI=1S/C15H14N4O3S2/c1-7-10-11(16)12(13(17)20)23-15(10)19-14(18-7)8-3-5-9(6-4-8)24(2,21)22/h3-6H,16H2,1-2H3,(H2,17,20). The number of hydrogen-bond acceptors (Lipinski definition) is 7. The van der Waals surface area contributed by atoms with Crippen LogP contribution in [0.15, 0.2) is 29.2 Å². The first-order valence-corrected chi connectivity index (χ1v) is 9.56. The molecule has 0 fully saturated rings. The normalized spacial score (nSPS) is 11.8. The van der Waals surface area contributed by atoms with E-state index in [1.54, 1.807) is 19.1 Å². The molecule has 2 heterocycles. The van der Waals surface area contributed by atoms with Crippen LogP contribution in [0.25, 0.3) is 21.6 Å². The van der Waals surface area contributed by atoms with Gasteiger partial charge < -0.3 is 11.5 Å². The number of aryl methyl sites for hydroxylation is 1. The zero-order valence-electron chi connectivity index (χ0n) is 12.9. The van der Waals surface area contributed by atoms with Crippen molar-refractivity contribution in [2.45, 2.75) is 11.8 Å². The molecule has 3 aromatic rings. The average molecular weight is 362 g/mol. The molecule has 124 valence electrons. The highest BCUT2D eigenvalue weighted by Gasteiger charge is 2.18. The lowest BCUT2D eigenvalue weighted by Gasteiger charge is -2.04. The topological polar surface area (TPSA) is 129 Å². The van der Waals surface area contributed by atoms with Crippen molar-refractivity contribution in [1.82, 2.24) is 9.97 Å². The highest BCUT2D eigenvalue weighted by atomic mass is 32.2. The summed E-state index contributed by atoms with van der Waals surface area (Å²) in [5.41, 5.74) is 12.9. The number of fused-ring (bicyclic) bond motifs is 1. The van der Waals surface area contributed by atoms with Gasteiger partial charge in [-0.3, -0.25) is 4.79 Å². The highest BCUT2D eigenvalue weighted by Crippen LogP contribution is 2.35. The molecular weight excluding hydrogens is 348 g/mol. The fraction of sp³-hybridized carbons (Fsp3) is 0.133. The number of rotatable bonds is 3. The Morgan fingerprint density at radius 3 is 2.33 bits per heavy atom. The molecule has 0 aliphatic rings. The lowest BCUT2D eigenvalue weighted by atomic mass is 10.2. The number of primary amides is 1. The van der Waals surface area contributed by atoms with E-state index in [0.29, 0.717) is 33.0 Å². The van der Waals surface area contributed by atoms with Gasteiger partial charge in [0.05, 0.1) is 21.7 Å². The molecule has 0 spiro atoms. The Morgan fingerprint density at radius 1 is 1.17 bits per heavy atom. The molecule has 7 nitrogen and oxygen atoms in total. The molecule has 0 saturated heterocycles. The first-order valence-electron chi connectivity index (χ1n) is 6.85. The minimum atomic E-state index is -3.26. The molecule has 4 N–H and O–H groups in total. The summed E-state index contributed by atoms with van der Waals surface area (Å²) in [4.78, 5) is 21.3. The number of carbonyl (C=O) groups excluding carboxylic acids is 1. The van der Waals surface area contributed by atoms with E-state index in [9.17, 15) is 13.2 Å². The van der Waals surface area contributed by atoms with Gasteiger partial charge in [0.25, 0.3) is 5.91 Å². The van der Waals surface area contributed by atoms with E-state index in [2.05, 4.69) is 9.97 Å². The lowest BCUT2D eigenvalue weighted by molar-refractivity contribution is 0.100. The Bertz CT molecular complexity index is 1070. The van der Waals surface area contributed by atoms with Crippen molar-refractivity contribution in [2.75, 3.05) is 12.0 Å². The second kappa shape index (κ2) is 5.53. The SMILES string of the molecule is Cc1nc(-c2ccc(S(C)(=O)=O)cc2)nc2sc(C(N)=O)c(N)c12. The lowest BCUT2D eigenvalue weighted by Crippen LogP contribution is -2.10. The second-order valence-electron chi connectivity index (χ2n) is 5.32. The highest BCUT2D eigenvalue weighted by molar-refractivity contribution is 7.90. The number of amides is 1. The number of aromatic nitrogens is 2. The van der Waals surface area contributed by atoms with Gasteiger partial charge in [-0.2, -0.15) is 0 Å². The maximum absolute atomic E-state index is 11.5. The monoisotopic (exact) mass is 362 g/mol. The third-order valence-electron chi connectivity index (χ3n) is 3.53. The Hall–Kier alpha value is -2.52. The first kappa shape index (κ1) is 16.3. The second-order valence-corrected chi connectivity index (χ2v) is 8.33. The van der Waals surface area contributed by atoms with Crippen LogP contribution in [0.2, 0.25) is 0 Å². The van der Waals surface area contributed by atoms with Crippen LogP contribution in [-0.2, 0) is 9.84 Å². The van der Waals surface area contributed by atoms with Gasteiger partial charge in [-0.05, 0) is 31.2 Å². The van der Waals surface area contributed by atoms with Gasteiger partial charge in [-0.1, -0.05) is 0 Å². The Morgan fingerprint density at radius 2 is 1.79 bits per heavy atom. The number of benzene rings is 1. The minimum absolute atomic E-state index is 0.223. The van der Waals surface area contributed by atoms with E-state index in [1.165, 1.54) is 12.1 Å². The van der Waals surface area contributed by atoms with E-state index in [-0.39, 0.29) is 9.77 Å². The number of nitrogen functional groups attached to an aromatic ring is 1. The van der Waals surface area contributed by atoms with Crippen molar-refractivity contribution in [2.24, 2.45) is 5.73 Å². The summed E-state index contributed by atoms with van der Waals surface area (Å²) >= 11 is 1.12. The predicted octanol–water partition coefficient (Wildman–Crippen LogP) is 1.75. The van der Waals surface area contributed by atoms with Gasteiger partial charge in [0.15, 0.2) is 15.7 Å².